The van der Waals surface area contributed by atoms with Crippen molar-refractivity contribution in [2.24, 2.45) is 0 Å². The molecule has 0 aromatic carbocycles. The second-order valence-electron chi connectivity index (χ2n) is 22.7. The summed E-state index contributed by atoms with van der Waals surface area (Å²) in [4.78, 5) is 62.3. The number of carbonyl (C=O) groups excluding carboxylic acids is 5. The lowest BCUT2D eigenvalue weighted by molar-refractivity contribution is -0.161. The Hall–Kier alpha value is -2.73. The first-order chi connectivity index (χ1) is 36.0. The number of carbonyl (C=O) groups is 5. The molecule has 7 aliphatic rings. The fourth-order valence-electron chi connectivity index (χ4n) is 12.5. The van der Waals surface area contributed by atoms with E-state index in [1.54, 1.807) is 0 Å². The number of unbranched alkanes of at least 4 members (excludes halogenated alkanes) is 14. The Morgan fingerprint density at radius 3 is 1.74 bits per heavy atom. The maximum Gasteiger partial charge on any atom is 0.334 e. The molecule has 0 unspecified atom stereocenters. The van der Waals surface area contributed by atoms with Gasteiger partial charge < -0.3 is 50.1 Å². The van der Waals surface area contributed by atoms with Crippen LogP contribution in [0.1, 0.15) is 219 Å². The molecule has 0 radical (unpaired) electrons. The van der Waals surface area contributed by atoms with Crippen molar-refractivity contribution >= 4 is 53.5 Å². The summed E-state index contributed by atoms with van der Waals surface area (Å²) in [6.45, 7) is 4.11. The molecule has 0 aromatic heterocycles. The predicted octanol–water partition coefficient (Wildman–Crippen LogP) is 10.4. The molecule has 5 N–H and O–H groups in total. The van der Waals surface area contributed by atoms with Gasteiger partial charge in [0, 0.05) is 40.4 Å². The van der Waals surface area contributed by atoms with Crippen molar-refractivity contribution in [2.45, 2.75) is 303 Å². The van der Waals surface area contributed by atoms with Crippen LogP contribution in [-0.2, 0) is 38.1 Å². The number of thioether (sulfide) groups is 2. The van der Waals surface area contributed by atoms with Gasteiger partial charge in [-0.05, 0) is 116 Å². The molecule has 0 bridgehead atoms. The summed E-state index contributed by atoms with van der Waals surface area (Å²) in [6, 6.07) is 0.549. The van der Waals surface area contributed by atoms with E-state index >= 15 is 0 Å². The number of aliphatic hydroxyl groups is 1. The van der Waals surface area contributed by atoms with E-state index in [1.807, 2.05) is 36.5 Å². The van der Waals surface area contributed by atoms with E-state index in [9.17, 15) is 29.1 Å². The van der Waals surface area contributed by atoms with Gasteiger partial charge in [0.2, 0.25) is 0 Å². The van der Waals surface area contributed by atoms with Crippen molar-refractivity contribution in [2.75, 3.05) is 11.5 Å². The number of rotatable bonds is 37. The zero-order valence-corrected chi connectivity index (χ0v) is 46.7. The maximum absolute atomic E-state index is 13.6. The highest BCUT2D eigenvalue weighted by atomic mass is 32.2. The zero-order chi connectivity index (χ0) is 52.1. The average molecular weight is 1080 g/mol. The van der Waals surface area contributed by atoms with Crippen LogP contribution in [0.4, 0.5) is 9.59 Å². The zero-order valence-electron chi connectivity index (χ0n) is 45.0. The molecule has 17 heteroatoms. The molecule has 7 heterocycles. The number of aliphatic hydroxyl groups excluding tert-OH is 1. The summed E-state index contributed by atoms with van der Waals surface area (Å²) in [7, 11) is 0. The third kappa shape index (κ3) is 19.0. The van der Waals surface area contributed by atoms with E-state index in [0.29, 0.717) is 36.2 Å². The standard InChI is InChI=1S/C57H94N4O11S2/c1-3-4-5-15-23-40(69-51(63)29-19-17-27-49-53-41(36-73-49)58-56(66)60-53)24-21-26-45(72-52(64)30-20-18-28-50-54-42(37-74-50)59-57(67)61-54)46-33-34-48(71-46)47-32-31-44(70-47)43(62)25-16-13-11-9-7-6-8-10-12-14-22-39-35-38(2)68-55(39)65/h35,38,40-50,53-54,62H,3-34,36-37H2,1-2H3,(H2,58,60,66)(H2,59,61,67)/t38-,40-,41-,42-,43+,44+,45-,46+,47+,48+,49-,50-,53-,54-/m0/s1. The molecule has 74 heavy (non-hydrogen) atoms. The van der Waals surface area contributed by atoms with Gasteiger partial charge in [-0.2, -0.15) is 23.5 Å². The van der Waals surface area contributed by atoms with Crippen LogP contribution < -0.4 is 21.3 Å². The van der Waals surface area contributed by atoms with Gasteiger partial charge in [0.15, 0.2) is 0 Å². The smallest absolute Gasteiger partial charge is 0.334 e. The topological polar surface area (TPSA) is 200 Å². The lowest BCUT2D eigenvalue weighted by Gasteiger charge is -2.27. The summed E-state index contributed by atoms with van der Waals surface area (Å²) >= 11 is 3.79. The summed E-state index contributed by atoms with van der Waals surface area (Å²) in [6.07, 6.45) is 29.8. The summed E-state index contributed by atoms with van der Waals surface area (Å²) < 4.78 is 31.0. The van der Waals surface area contributed by atoms with Crippen molar-refractivity contribution in [1.82, 2.24) is 21.3 Å². The number of fused-ring (bicyclic) bond motifs is 2. The Kier molecular flexibility index (Phi) is 25.2. The molecule has 7 aliphatic heterocycles. The number of cyclic esters (lactones) is 1. The number of hydrogen-bond acceptors (Lipinski definition) is 13. The highest BCUT2D eigenvalue weighted by molar-refractivity contribution is 8.00. The summed E-state index contributed by atoms with van der Waals surface area (Å²) in [5.41, 5.74) is 0.847. The highest BCUT2D eigenvalue weighted by Gasteiger charge is 2.45. The number of amides is 4. The fraction of sp³-hybridized carbons (Fsp3) is 0.877. The lowest BCUT2D eigenvalue weighted by Crippen LogP contribution is -2.36. The monoisotopic (exact) mass is 1070 g/mol. The molecule has 14 atom stereocenters. The van der Waals surface area contributed by atoms with E-state index in [0.717, 1.165) is 158 Å². The van der Waals surface area contributed by atoms with Crippen LogP contribution in [0.2, 0.25) is 0 Å². The predicted molar refractivity (Wildman–Crippen MR) is 291 cm³/mol. The first kappa shape index (κ1) is 58.9. The van der Waals surface area contributed by atoms with Crippen LogP contribution in [0, 0.1) is 0 Å². The first-order valence-electron chi connectivity index (χ1n) is 29.7. The van der Waals surface area contributed by atoms with Crippen LogP contribution in [-0.4, -0.2) is 130 Å². The Bertz CT molecular complexity index is 1790. The number of nitrogens with one attached hydrogen (secondary N) is 4. The minimum absolute atomic E-state index is 0.0747. The molecule has 0 aromatic rings. The molecule has 7 rings (SSSR count). The Morgan fingerprint density at radius 2 is 1.15 bits per heavy atom. The van der Waals surface area contributed by atoms with Crippen LogP contribution in [0.5, 0.6) is 0 Å². The molecule has 0 aliphatic carbocycles. The van der Waals surface area contributed by atoms with Crippen molar-refractivity contribution < 1.29 is 52.8 Å². The first-order valence-corrected chi connectivity index (χ1v) is 31.8. The van der Waals surface area contributed by atoms with Crippen LogP contribution in [0.3, 0.4) is 0 Å². The number of esters is 3. The van der Waals surface area contributed by atoms with Crippen molar-refractivity contribution in [3.05, 3.63) is 11.6 Å². The maximum atomic E-state index is 13.6. The fourth-order valence-corrected chi connectivity index (χ4v) is 15.6. The minimum Gasteiger partial charge on any atom is -0.462 e. The number of urea groups is 2. The van der Waals surface area contributed by atoms with Crippen LogP contribution >= 0.6 is 23.5 Å². The van der Waals surface area contributed by atoms with Gasteiger partial charge in [-0.15, -0.1) is 0 Å². The Labute approximate surface area is 451 Å². The van der Waals surface area contributed by atoms with Gasteiger partial charge in [0.05, 0.1) is 54.7 Å². The van der Waals surface area contributed by atoms with E-state index < -0.39 is 12.2 Å². The molecular formula is C57H94N4O11S2. The molecular weight excluding hydrogens is 981 g/mol. The van der Waals surface area contributed by atoms with E-state index in [1.165, 1.54) is 38.5 Å². The molecule has 15 nitrogen and oxygen atoms in total. The van der Waals surface area contributed by atoms with Gasteiger partial charge in [0.25, 0.3) is 0 Å². The minimum atomic E-state index is -0.485. The SMILES string of the molecule is CCCCCC[C@@H](CCC[C@H](OC(=O)CCCC[C@@H]1SC[C@@H]2NC(=O)N[C@@H]21)[C@H]1CC[C@H]([C@H]2CC[C@H]([C@H](O)CCCCCCCCCCCCC3=C[C@H](C)OC3=O)O2)O1)OC(=O)CCCC[C@@H]1SC[C@@H]2NC(=O)N[C@@H]21. The van der Waals surface area contributed by atoms with E-state index in [-0.39, 0.29) is 90.8 Å². The summed E-state index contributed by atoms with van der Waals surface area (Å²) in [5, 5.41) is 24.0. The van der Waals surface area contributed by atoms with Gasteiger partial charge in [-0.1, -0.05) is 96.8 Å². The van der Waals surface area contributed by atoms with Crippen molar-refractivity contribution in [3.63, 3.8) is 0 Å². The Balaban J connectivity index is 0.809. The van der Waals surface area contributed by atoms with Gasteiger partial charge in [-0.3, -0.25) is 9.59 Å². The van der Waals surface area contributed by atoms with Gasteiger partial charge >= 0.3 is 30.0 Å². The summed E-state index contributed by atoms with van der Waals surface area (Å²) in [5.74, 6) is 1.35. The average Bonchev–Trinajstić information content (AvgIpc) is 4.26. The lowest BCUT2D eigenvalue weighted by atomic mass is 9.99. The van der Waals surface area contributed by atoms with Gasteiger partial charge in [-0.25, -0.2) is 14.4 Å². The molecule has 0 saturated carbocycles. The van der Waals surface area contributed by atoms with Crippen LogP contribution in [0.15, 0.2) is 11.6 Å². The Morgan fingerprint density at radius 1 is 0.622 bits per heavy atom. The van der Waals surface area contributed by atoms with Gasteiger partial charge in [0.1, 0.15) is 18.3 Å². The highest BCUT2D eigenvalue weighted by Crippen LogP contribution is 2.37. The third-order valence-corrected chi connectivity index (χ3v) is 19.7. The molecule has 4 amide bonds. The normalized spacial score (nSPS) is 30.2. The largest absolute Gasteiger partial charge is 0.462 e. The molecule has 420 valence electrons. The van der Waals surface area contributed by atoms with Crippen molar-refractivity contribution in [3.8, 4) is 0 Å². The second-order valence-corrected chi connectivity index (χ2v) is 25.2. The van der Waals surface area contributed by atoms with E-state index in [2.05, 4.69) is 28.2 Å². The molecule has 6 fully saturated rings. The number of ether oxygens (including phenoxy) is 5. The van der Waals surface area contributed by atoms with Crippen molar-refractivity contribution in [1.29, 1.82) is 0 Å². The number of hydrogen-bond donors (Lipinski definition) is 5. The van der Waals surface area contributed by atoms with Crippen LogP contribution in [0.25, 0.3) is 0 Å². The second kappa shape index (κ2) is 31.6. The quantitative estimate of drug-likeness (QED) is 0.0171. The van der Waals surface area contributed by atoms with E-state index in [4.69, 9.17) is 23.7 Å². The third-order valence-electron chi connectivity index (χ3n) is 16.7. The molecule has 6 saturated heterocycles. The molecule has 0 spiro atoms.